The van der Waals surface area contributed by atoms with Gasteiger partial charge in [-0.15, -0.1) is 0 Å². The highest BCUT2D eigenvalue weighted by Gasteiger charge is 2.31. The molecular weight excluding hydrogens is 172 g/mol. The van der Waals surface area contributed by atoms with Crippen LogP contribution in [0.2, 0.25) is 0 Å². The van der Waals surface area contributed by atoms with Gasteiger partial charge in [0.1, 0.15) is 0 Å². The molecule has 2 fully saturated rings. The van der Waals surface area contributed by atoms with Crippen molar-refractivity contribution in [2.75, 3.05) is 13.1 Å². The zero-order valence-electron chi connectivity index (χ0n) is 9.79. The molecule has 0 amide bonds. The van der Waals surface area contributed by atoms with Gasteiger partial charge in [-0.3, -0.25) is 4.90 Å². The van der Waals surface area contributed by atoms with Gasteiger partial charge in [0, 0.05) is 24.7 Å². The molecule has 2 nitrogen and oxygen atoms in total. The normalized spacial score (nSPS) is 31.3. The molecule has 0 aromatic heterocycles. The van der Waals surface area contributed by atoms with Crippen molar-refractivity contribution in [3.63, 3.8) is 0 Å². The van der Waals surface area contributed by atoms with Crippen LogP contribution in [0.1, 0.15) is 40.0 Å². The van der Waals surface area contributed by atoms with Gasteiger partial charge in [0.15, 0.2) is 0 Å². The first-order valence-electron chi connectivity index (χ1n) is 6.17. The Labute approximate surface area is 88.1 Å². The maximum Gasteiger partial charge on any atom is 0.0209 e. The van der Waals surface area contributed by atoms with E-state index in [4.69, 9.17) is 0 Å². The number of hydrogen-bond donors (Lipinski definition) is 1. The molecule has 0 radical (unpaired) electrons. The van der Waals surface area contributed by atoms with Gasteiger partial charge >= 0.3 is 0 Å². The molecular formula is C12H24N2. The monoisotopic (exact) mass is 196 g/mol. The van der Waals surface area contributed by atoms with Gasteiger partial charge in [0.2, 0.25) is 0 Å². The number of likely N-dealkylation sites (tertiary alicyclic amines) is 1. The van der Waals surface area contributed by atoms with Crippen molar-refractivity contribution in [2.24, 2.45) is 5.92 Å². The molecule has 1 heterocycles. The molecule has 1 N–H and O–H groups in total. The predicted octanol–water partition coefficient (Wildman–Crippen LogP) is 1.86. The first-order chi connectivity index (χ1) is 6.66. The summed E-state index contributed by atoms with van der Waals surface area (Å²) in [5.41, 5.74) is 0. The Morgan fingerprint density at radius 1 is 1.14 bits per heavy atom. The van der Waals surface area contributed by atoms with Crippen LogP contribution >= 0.6 is 0 Å². The number of rotatable bonds is 4. The first-order valence-corrected chi connectivity index (χ1v) is 6.17. The van der Waals surface area contributed by atoms with E-state index in [1.165, 1.54) is 32.4 Å². The van der Waals surface area contributed by atoms with Crippen LogP contribution in [0.25, 0.3) is 0 Å². The summed E-state index contributed by atoms with van der Waals surface area (Å²) in [6.07, 6.45) is 4.25. The van der Waals surface area contributed by atoms with Gasteiger partial charge in [-0.05, 0) is 52.5 Å². The third-order valence-electron chi connectivity index (χ3n) is 3.78. The fraction of sp³-hybridized carbons (Fsp3) is 1.00. The van der Waals surface area contributed by atoms with Gasteiger partial charge in [-0.25, -0.2) is 0 Å². The van der Waals surface area contributed by atoms with E-state index in [0.29, 0.717) is 0 Å². The molecule has 2 heteroatoms. The Kier molecular flexibility index (Phi) is 3.13. The summed E-state index contributed by atoms with van der Waals surface area (Å²) in [5.74, 6) is 0.989. The molecule has 0 aromatic carbocycles. The van der Waals surface area contributed by atoms with E-state index >= 15 is 0 Å². The second kappa shape index (κ2) is 4.19. The lowest BCUT2D eigenvalue weighted by molar-refractivity contribution is 0.264. The van der Waals surface area contributed by atoms with E-state index in [-0.39, 0.29) is 0 Å². The van der Waals surface area contributed by atoms with Crippen LogP contribution in [0.15, 0.2) is 0 Å². The molecule has 2 atom stereocenters. The summed E-state index contributed by atoms with van der Waals surface area (Å²) >= 11 is 0. The van der Waals surface area contributed by atoms with Gasteiger partial charge in [-0.1, -0.05) is 0 Å². The molecule has 14 heavy (non-hydrogen) atoms. The highest BCUT2D eigenvalue weighted by Crippen LogP contribution is 2.32. The molecule has 2 unspecified atom stereocenters. The first kappa shape index (κ1) is 10.4. The lowest BCUT2D eigenvalue weighted by atomic mass is 10.1. The summed E-state index contributed by atoms with van der Waals surface area (Å²) in [6.45, 7) is 9.50. The van der Waals surface area contributed by atoms with E-state index in [1.807, 2.05) is 0 Å². The fourth-order valence-electron chi connectivity index (χ4n) is 2.50. The smallest absolute Gasteiger partial charge is 0.0209 e. The molecule has 0 aromatic rings. The van der Waals surface area contributed by atoms with Gasteiger partial charge in [-0.2, -0.15) is 0 Å². The van der Waals surface area contributed by atoms with Crippen LogP contribution in [-0.4, -0.2) is 36.1 Å². The third kappa shape index (κ3) is 2.48. The van der Waals surface area contributed by atoms with Crippen LogP contribution in [0.3, 0.4) is 0 Å². The second-order valence-corrected chi connectivity index (χ2v) is 5.37. The highest BCUT2D eigenvalue weighted by atomic mass is 15.2. The van der Waals surface area contributed by atoms with Crippen molar-refractivity contribution in [1.82, 2.24) is 10.2 Å². The molecule has 1 aliphatic carbocycles. The minimum atomic E-state index is 0.720. The topological polar surface area (TPSA) is 15.3 Å². The average molecular weight is 196 g/mol. The zero-order valence-corrected chi connectivity index (χ0v) is 9.79. The van der Waals surface area contributed by atoms with Gasteiger partial charge < -0.3 is 5.32 Å². The van der Waals surface area contributed by atoms with Crippen molar-refractivity contribution in [3.05, 3.63) is 0 Å². The lowest BCUT2D eigenvalue weighted by Crippen LogP contribution is -2.40. The van der Waals surface area contributed by atoms with Crippen LogP contribution in [0.4, 0.5) is 0 Å². The summed E-state index contributed by atoms with van der Waals surface area (Å²) in [7, 11) is 0. The summed E-state index contributed by atoms with van der Waals surface area (Å²) < 4.78 is 0. The highest BCUT2D eigenvalue weighted by molar-refractivity contribution is 4.89. The van der Waals surface area contributed by atoms with Crippen molar-refractivity contribution in [1.29, 1.82) is 0 Å². The van der Waals surface area contributed by atoms with E-state index < -0.39 is 0 Å². The SMILES string of the molecule is CC(NC1CCN(C(C)C)C1)C1CC1. The predicted molar refractivity (Wildman–Crippen MR) is 60.4 cm³/mol. The Morgan fingerprint density at radius 2 is 1.86 bits per heavy atom. The van der Waals surface area contributed by atoms with Crippen LogP contribution in [-0.2, 0) is 0 Å². The van der Waals surface area contributed by atoms with Crippen molar-refractivity contribution < 1.29 is 0 Å². The molecule has 1 aliphatic heterocycles. The second-order valence-electron chi connectivity index (χ2n) is 5.37. The molecule has 0 bridgehead atoms. The standard InChI is InChI=1S/C12H24N2/c1-9(2)14-7-6-12(8-14)13-10(3)11-4-5-11/h9-13H,4-8H2,1-3H3. The zero-order chi connectivity index (χ0) is 10.1. The number of hydrogen-bond acceptors (Lipinski definition) is 2. The third-order valence-corrected chi connectivity index (χ3v) is 3.78. The van der Waals surface area contributed by atoms with Gasteiger partial charge in [0.25, 0.3) is 0 Å². The maximum absolute atomic E-state index is 3.78. The van der Waals surface area contributed by atoms with Crippen molar-refractivity contribution in [2.45, 2.75) is 58.2 Å². The van der Waals surface area contributed by atoms with Gasteiger partial charge in [0.05, 0.1) is 0 Å². The summed E-state index contributed by atoms with van der Waals surface area (Å²) in [6, 6.07) is 2.23. The fourth-order valence-corrected chi connectivity index (χ4v) is 2.50. The van der Waals surface area contributed by atoms with Crippen LogP contribution in [0, 0.1) is 5.92 Å². The largest absolute Gasteiger partial charge is 0.310 e. The maximum atomic E-state index is 3.78. The Morgan fingerprint density at radius 3 is 2.36 bits per heavy atom. The Hall–Kier alpha value is -0.0800. The molecule has 2 aliphatic rings. The minimum Gasteiger partial charge on any atom is -0.310 e. The van der Waals surface area contributed by atoms with Crippen LogP contribution in [0.5, 0.6) is 0 Å². The van der Waals surface area contributed by atoms with Crippen molar-refractivity contribution in [3.8, 4) is 0 Å². The van der Waals surface area contributed by atoms with Crippen molar-refractivity contribution >= 4 is 0 Å². The van der Waals surface area contributed by atoms with E-state index in [9.17, 15) is 0 Å². The minimum absolute atomic E-state index is 0.720. The molecule has 2 rings (SSSR count). The van der Waals surface area contributed by atoms with E-state index in [2.05, 4.69) is 31.0 Å². The number of nitrogens with one attached hydrogen (secondary N) is 1. The molecule has 82 valence electrons. The van der Waals surface area contributed by atoms with E-state index in [0.717, 1.165) is 24.0 Å². The average Bonchev–Trinajstić information content (AvgIpc) is 2.87. The molecule has 1 saturated heterocycles. The quantitative estimate of drug-likeness (QED) is 0.738. The molecule has 1 saturated carbocycles. The number of nitrogens with zero attached hydrogens (tertiary/aromatic N) is 1. The Balaban J connectivity index is 1.72. The summed E-state index contributed by atoms with van der Waals surface area (Å²) in [4.78, 5) is 2.58. The van der Waals surface area contributed by atoms with E-state index in [1.54, 1.807) is 0 Å². The molecule has 0 spiro atoms. The Bertz CT molecular complexity index is 187. The van der Waals surface area contributed by atoms with Crippen LogP contribution < -0.4 is 5.32 Å². The lowest BCUT2D eigenvalue weighted by Gasteiger charge is -2.22. The summed E-state index contributed by atoms with van der Waals surface area (Å²) in [5, 5.41) is 3.78.